The van der Waals surface area contributed by atoms with Gasteiger partial charge in [-0.2, -0.15) is 0 Å². The molecule has 0 heterocycles. The molecule has 5 nitrogen and oxygen atoms in total. The zero-order valence-corrected chi connectivity index (χ0v) is 19.0. The van der Waals surface area contributed by atoms with Gasteiger partial charge in [0.2, 0.25) is 0 Å². The lowest BCUT2D eigenvalue weighted by atomic mass is 9.38. The number of rotatable bonds is 4. The molecule has 168 valence electrons. The Kier molecular flexibility index (Phi) is 4.97. The number of hydrogen-bond acceptors (Lipinski definition) is 4. The molecule has 4 aliphatic rings. The van der Waals surface area contributed by atoms with E-state index in [-0.39, 0.29) is 23.7 Å². The molecule has 0 unspecified atom stereocenters. The number of carboxylic acids is 1. The Balaban J connectivity index is 1.76. The smallest absolute Gasteiger partial charge is 0.309 e. The lowest BCUT2D eigenvalue weighted by Crippen LogP contribution is -2.71. The summed E-state index contributed by atoms with van der Waals surface area (Å²) in [5.41, 5.74) is -1.95. The van der Waals surface area contributed by atoms with Crippen LogP contribution in [0, 0.1) is 34.0 Å². The standard InChI is InChI=1S/C25H38O5/c1-15(2)13-19(26)30-20-16(3)17-7-12-25(29)23(5)10-6-9-22(4,21(27)28)18(23)8-11-24(20,25)14-17/h15,17-18,20,29H,3,6-14H2,1-2,4-5H3,(H,27,28)/t17-,18-,20+,22-,23-,24+,25-/m1/s1. The van der Waals surface area contributed by atoms with E-state index in [1.54, 1.807) is 0 Å². The molecule has 4 saturated carbocycles. The van der Waals surface area contributed by atoms with Crippen LogP contribution in [-0.4, -0.2) is 33.9 Å². The highest BCUT2D eigenvalue weighted by molar-refractivity contribution is 5.75. The van der Waals surface area contributed by atoms with Gasteiger partial charge in [0.25, 0.3) is 0 Å². The first-order valence-electron chi connectivity index (χ1n) is 11.8. The van der Waals surface area contributed by atoms with Gasteiger partial charge in [0.05, 0.1) is 11.0 Å². The van der Waals surface area contributed by atoms with Gasteiger partial charge in [-0.05, 0) is 75.2 Å². The van der Waals surface area contributed by atoms with Crippen molar-refractivity contribution in [2.45, 2.75) is 97.2 Å². The normalized spacial score (nSPS) is 47.5. The van der Waals surface area contributed by atoms with Gasteiger partial charge in [0, 0.05) is 17.3 Å². The van der Waals surface area contributed by atoms with Gasteiger partial charge in [-0.15, -0.1) is 0 Å². The summed E-state index contributed by atoms with van der Waals surface area (Å²) in [5.74, 6) is -0.555. The number of carboxylic acid groups (broad SMARTS) is 1. The summed E-state index contributed by atoms with van der Waals surface area (Å²) in [5, 5.41) is 22.6. The van der Waals surface area contributed by atoms with Crippen LogP contribution in [0.25, 0.3) is 0 Å². The second kappa shape index (κ2) is 6.82. The molecule has 1 spiro atoms. The zero-order chi connectivity index (χ0) is 22.1. The van der Waals surface area contributed by atoms with Gasteiger partial charge in [0.1, 0.15) is 6.10 Å². The molecular weight excluding hydrogens is 380 g/mol. The van der Waals surface area contributed by atoms with Crippen molar-refractivity contribution in [3.8, 4) is 0 Å². The maximum absolute atomic E-state index is 12.7. The lowest BCUT2D eigenvalue weighted by Gasteiger charge is -2.68. The van der Waals surface area contributed by atoms with Crippen molar-refractivity contribution in [3.63, 3.8) is 0 Å². The molecule has 0 aromatic heterocycles. The molecule has 2 bridgehead atoms. The maximum atomic E-state index is 12.7. The van der Waals surface area contributed by atoms with E-state index in [1.165, 1.54) is 0 Å². The molecule has 2 N–H and O–H groups in total. The molecule has 5 heteroatoms. The molecule has 30 heavy (non-hydrogen) atoms. The molecule has 4 aliphatic carbocycles. The van der Waals surface area contributed by atoms with Crippen LogP contribution in [0.2, 0.25) is 0 Å². The van der Waals surface area contributed by atoms with Gasteiger partial charge in [-0.3, -0.25) is 9.59 Å². The molecule has 4 fully saturated rings. The van der Waals surface area contributed by atoms with E-state index in [9.17, 15) is 19.8 Å². The van der Waals surface area contributed by atoms with Crippen molar-refractivity contribution in [2.75, 3.05) is 0 Å². The summed E-state index contributed by atoms with van der Waals surface area (Å²) < 4.78 is 6.08. The lowest BCUT2D eigenvalue weighted by molar-refractivity contribution is -0.278. The minimum absolute atomic E-state index is 0.0793. The highest BCUT2D eigenvalue weighted by Gasteiger charge is 2.75. The fourth-order valence-electron chi connectivity index (χ4n) is 8.21. The Morgan fingerprint density at radius 2 is 1.87 bits per heavy atom. The summed E-state index contributed by atoms with van der Waals surface area (Å²) in [6.07, 6.45) is 5.90. The predicted molar refractivity (Wildman–Crippen MR) is 114 cm³/mol. The van der Waals surface area contributed by atoms with Crippen molar-refractivity contribution in [1.29, 1.82) is 0 Å². The molecule has 0 amide bonds. The van der Waals surface area contributed by atoms with Gasteiger partial charge in [-0.25, -0.2) is 0 Å². The Bertz CT molecular complexity index is 774. The molecule has 4 rings (SSSR count). The quantitative estimate of drug-likeness (QED) is 0.510. The van der Waals surface area contributed by atoms with Crippen LogP contribution in [0.1, 0.15) is 85.5 Å². The topological polar surface area (TPSA) is 83.8 Å². The number of hydrogen-bond donors (Lipinski definition) is 2. The molecule has 0 aromatic carbocycles. The minimum Gasteiger partial charge on any atom is -0.481 e. The average molecular weight is 419 g/mol. The van der Waals surface area contributed by atoms with Crippen molar-refractivity contribution in [2.24, 2.45) is 34.0 Å². The number of fused-ring (bicyclic) bond motifs is 3. The Morgan fingerprint density at radius 1 is 1.17 bits per heavy atom. The van der Waals surface area contributed by atoms with Gasteiger partial charge < -0.3 is 14.9 Å². The largest absolute Gasteiger partial charge is 0.481 e. The number of aliphatic carboxylic acids is 1. The van der Waals surface area contributed by atoms with E-state index in [0.717, 1.165) is 37.7 Å². The molecule has 0 aliphatic heterocycles. The highest BCUT2D eigenvalue weighted by Crippen LogP contribution is 2.74. The van der Waals surface area contributed by atoms with Gasteiger partial charge in [0.15, 0.2) is 0 Å². The zero-order valence-electron chi connectivity index (χ0n) is 19.0. The molecule has 0 aromatic rings. The third kappa shape index (κ3) is 2.63. The summed E-state index contributed by atoms with van der Waals surface area (Å²) >= 11 is 0. The van der Waals surface area contributed by atoms with E-state index in [1.807, 2.05) is 20.8 Å². The van der Waals surface area contributed by atoms with E-state index in [4.69, 9.17) is 4.74 Å². The Hall–Kier alpha value is -1.36. The van der Waals surface area contributed by atoms with E-state index < -0.39 is 33.9 Å². The first-order chi connectivity index (χ1) is 13.9. The van der Waals surface area contributed by atoms with Crippen LogP contribution >= 0.6 is 0 Å². The molecule has 7 atom stereocenters. The summed E-state index contributed by atoms with van der Waals surface area (Å²) in [6, 6.07) is 0. The highest BCUT2D eigenvalue weighted by atomic mass is 16.5. The monoisotopic (exact) mass is 418 g/mol. The second-order valence-corrected chi connectivity index (χ2v) is 11.6. The minimum atomic E-state index is -1.04. The second-order valence-electron chi connectivity index (χ2n) is 11.6. The first kappa shape index (κ1) is 21.9. The number of aliphatic hydroxyl groups is 1. The van der Waals surface area contributed by atoms with Crippen molar-refractivity contribution >= 4 is 11.9 Å². The van der Waals surface area contributed by atoms with Crippen LogP contribution in [0.3, 0.4) is 0 Å². The molecule has 0 radical (unpaired) electrons. The fourth-order valence-corrected chi connectivity index (χ4v) is 8.21. The van der Waals surface area contributed by atoms with Gasteiger partial charge >= 0.3 is 11.9 Å². The summed E-state index contributed by atoms with van der Waals surface area (Å²) in [6.45, 7) is 12.3. The summed E-state index contributed by atoms with van der Waals surface area (Å²) in [4.78, 5) is 24.9. The fraction of sp³-hybridized carbons (Fsp3) is 0.840. The first-order valence-corrected chi connectivity index (χ1v) is 11.8. The van der Waals surface area contributed by atoms with Crippen LogP contribution in [0.15, 0.2) is 12.2 Å². The van der Waals surface area contributed by atoms with Crippen molar-refractivity contribution < 1.29 is 24.5 Å². The third-order valence-corrected chi connectivity index (χ3v) is 9.72. The average Bonchev–Trinajstić information content (AvgIpc) is 2.86. The van der Waals surface area contributed by atoms with Crippen LogP contribution in [-0.2, 0) is 14.3 Å². The van der Waals surface area contributed by atoms with E-state index in [2.05, 4.69) is 13.5 Å². The molecular formula is C25H38O5. The van der Waals surface area contributed by atoms with Crippen molar-refractivity contribution in [3.05, 3.63) is 12.2 Å². The molecule has 0 saturated heterocycles. The number of ether oxygens (including phenoxy) is 1. The number of carbonyl (C=O) groups is 2. The third-order valence-electron chi connectivity index (χ3n) is 9.72. The van der Waals surface area contributed by atoms with Crippen molar-refractivity contribution in [1.82, 2.24) is 0 Å². The number of esters is 1. The van der Waals surface area contributed by atoms with Crippen LogP contribution in [0.4, 0.5) is 0 Å². The summed E-state index contributed by atoms with van der Waals surface area (Å²) in [7, 11) is 0. The number of carbonyl (C=O) groups excluding carboxylic acids is 1. The van der Waals surface area contributed by atoms with Crippen LogP contribution in [0.5, 0.6) is 0 Å². The predicted octanol–water partition coefficient (Wildman–Crippen LogP) is 4.72. The maximum Gasteiger partial charge on any atom is 0.309 e. The Labute approximate surface area is 180 Å². The van der Waals surface area contributed by atoms with E-state index in [0.29, 0.717) is 25.7 Å². The van der Waals surface area contributed by atoms with Gasteiger partial charge in [-0.1, -0.05) is 33.8 Å². The Morgan fingerprint density at radius 3 is 2.50 bits per heavy atom. The van der Waals surface area contributed by atoms with Crippen LogP contribution < -0.4 is 0 Å². The SMILES string of the molecule is C=C1[C@@H]2CC[C@]3(O)[C@@](CC[C@@H]4[C@](C)(C(=O)O)CCC[C@]43C)(C2)[C@H]1OC(=O)CC(C)C. The van der Waals surface area contributed by atoms with E-state index >= 15 is 0 Å².